The van der Waals surface area contributed by atoms with Gasteiger partial charge in [0.25, 0.3) is 5.22 Å². The number of benzene rings is 3. The molecule has 0 radical (unpaired) electrons. The summed E-state index contributed by atoms with van der Waals surface area (Å²) in [5.41, 5.74) is 4.16. The third-order valence-corrected chi connectivity index (χ3v) is 9.96. The molecule has 6 rings (SSSR count). The second-order valence-electron chi connectivity index (χ2n) is 11.8. The van der Waals surface area contributed by atoms with Crippen molar-refractivity contribution < 1.29 is 23.8 Å². The summed E-state index contributed by atoms with van der Waals surface area (Å²) in [6.45, 7) is 3.41. The van der Waals surface area contributed by atoms with Crippen LogP contribution in [0.3, 0.4) is 0 Å². The fourth-order valence-corrected chi connectivity index (χ4v) is 7.33. The molecule has 13 heteroatoms. The quantitative estimate of drug-likeness (QED) is 0.103. The number of aryl methyl sites for hydroxylation is 2. The van der Waals surface area contributed by atoms with Gasteiger partial charge in [-0.25, -0.2) is 9.78 Å². The number of nitrogens with zero attached hydrogens (tertiary/aromatic N) is 3. The standard InChI is InChI=1S/C36H38N6O5S2/c1-23-38-27(21-48-23)18-31-41-42-36(47-31)49-22-29-20-37-19-28(46-29)17-16-24-10-8-9-15-30(24)39-34(43)33(40-35(44)45)32(25-11-4-2-5-12-25)26-13-6-3-7-14-26/h2-15,21,28-29,32-33,37,40H,16-20,22H2,1H3,(H,39,43)(H,44,45)/t28-,29+,33+/m1/s1. The second-order valence-corrected chi connectivity index (χ2v) is 13.8. The first-order valence-electron chi connectivity index (χ1n) is 16.1. The molecule has 3 aromatic carbocycles. The van der Waals surface area contributed by atoms with Crippen molar-refractivity contribution in [2.24, 2.45) is 0 Å². The van der Waals surface area contributed by atoms with Crippen molar-refractivity contribution in [3.05, 3.63) is 124 Å². The number of rotatable bonds is 14. The van der Waals surface area contributed by atoms with Gasteiger partial charge in [0.05, 0.1) is 29.3 Å². The number of nitrogens with one attached hydrogen (secondary N) is 3. The number of thioether (sulfide) groups is 1. The maximum absolute atomic E-state index is 13.9. The lowest BCUT2D eigenvalue weighted by atomic mass is 9.84. The van der Waals surface area contributed by atoms with Crippen LogP contribution >= 0.6 is 23.1 Å². The van der Waals surface area contributed by atoms with Crippen LogP contribution in [-0.4, -0.2) is 69.4 Å². The first kappa shape index (κ1) is 34.3. The van der Waals surface area contributed by atoms with Crippen LogP contribution in [0.2, 0.25) is 0 Å². The Bertz CT molecular complexity index is 1780. The Balaban J connectivity index is 1.07. The van der Waals surface area contributed by atoms with Gasteiger partial charge in [-0.15, -0.1) is 21.5 Å². The predicted molar refractivity (Wildman–Crippen MR) is 189 cm³/mol. The summed E-state index contributed by atoms with van der Waals surface area (Å²) >= 11 is 3.07. The third-order valence-electron chi connectivity index (χ3n) is 8.19. The highest BCUT2D eigenvalue weighted by Crippen LogP contribution is 2.30. The minimum absolute atomic E-state index is 0.0313. The zero-order valence-electron chi connectivity index (χ0n) is 27.0. The number of hydrogen-bond donors (Lipinski definition) is 4. The Morgan fingerprint density at radius 2 is 1.67 bits per heavy atom. The van der Waals surface area contributed by atoms with E-state index in [9.17, 15) is 14.7 Å². The number of thiazole rings is 1. The summed E-state index contributed by atoms with van der Waals surface area (Å²) in [5, 5.41) is 30.7. The first-order valence-corrected chi connectivity index (χ1v) is 18.0. The topological polar surface area (TPSA) is 152 Å². The predicted octanol–water partition coefficient (Wildman–Crippen LogP) is 5.91. The van der Waals surface area contributed by atoms with Crippen molar-refractivity contribution >= 4 is 40.8 Å². The largest absolute Gasteiger partial charge is 0.465 e. The van der Waals surface area contributed by atoms with Crippen LogP contribution in [0.1, 0.15) is 45.6 Å². The monoisotopic (exact) mass is 698 g/mol. The summed E-state index contributed by atoms with van der Waals surface area (Å²) in [7, 11) is 0. The summed E-state index contributed by atoms with van der Waals surface area (Å²) < 4.78 is 12.2. The van der Waals surface area contributed by atoms with E-state index in [0.717, 1.165) is 40.4 Å². The van der Waals surface area contributed by atoms with Gasteiger partial charge >= 0.3 is 6.09 Å². The summed E-state index contributed by atoms with van der Waals surface area (Å²) in [5.74, 6) is 0.226. The fraction of sp³-hybridized carbons (Fsp3) is 0.306. The Morgan fingerprint density at radius 3 is 2.37 bits per heavy atom. The first-order chi connectivity index (χ1) is 23.9. The molecule has 2 aromatic heterocycles. The second kappa shape index (κ2) is 16.7. The van der Waals surface area contributed by atoms with Crippen LogP contribution in [0.15, 0.2) is 99.9 Å². The van der Waals surface area contributed by atoms with Gasteiger partial charge in [0.1, 0.15) is 6.04 Å². The highest BCUT2D eigenvalue weighted by atomic mass is 32.2. The van der Waals surface area contributed by atoms with Crippen LogP contribution in [0, 0.1) is 6.92 Å². The molecule has 0 bridgehead atoms. The molecular weight excluding hydrogens is 661 g/mol. The lowest BCUT2D eigenvalue weighted by molar-refractivity contribution is -0.118. The van der Waals surface area contributed by atoms with E-state index in [1.54, 1.807) is 11.3 Å². The van der Waals surface area contributed by atoms with Gasteiger partial charge in [0.2, 0.25) is 11.8 Å². The molecule has 2 amide bonds. The number of carboxylic acid groups (broad SMARTS) is 1. The van der Waals surface area contributed by atoms with E-state index in [4.69, 9.17) is 9.15 Å². The van der Waals surface area contributed by atoms with Gasteiger partial charge in [-0.2, -0.15) is 0 Å². The van der Waals surface area contributed by atoms with Crippen molar-refractivity contribution in [3.63, 3.8) is 0 Å². The number of morpholine rings is 1. The molecule has 0 unspecified atom stereocenters. The van der Waals surface area contributed by atoms with Gasteiger partial charge < -0.3 is 30.2 Å². The molecule has 49 heavy (non-hydrogen) atoms. The lowest BCUT2D eigenvalue weighted by Gasteiger charge is -2.31. The van der Waals surface area contributed by atoms with Crippen LogP contribution in [0.25, 0.3) is 0 Å². The zero-order chi connectivity index (χ0) is 34.0. The van der Waals surface area contributed by atoms with Crippen molar-refractivity contribution in [1.82, 2.24) is 25.8 Å². The Morgan fingerprint density at radius 1 is 0.980 bits per heavy atom. The highest BCUT2D eigenvalue weighted by Gasteiger charge is 2.33. The SMILES string of the molecule is Cc1nc(Cc2nnc(SC[C@@H]3CNC[C@@H](CCc4ccccc4NC(=O)[C@@H](NC(=O)O)C(c4ccccc4)c4ccccc4)O3)o2)cs1. The number of aromatic nitrogens is 3. The highest BCUT2D eigenvalue weighted by molar-refractivity contribution is 7.99. The Hall–Kier alpha value is -4.56. The molecule has 0 aliphatic carbocycles. The molecule has 3 heterocycles. The molecule has 5 aromatic rings. The van der Waals surface area contributed by atoms with Gasteiger partial charge in [-0.3, -0.25) is 4.79 Å². The average Bonchev–Trinajstić information content (AvgIpc) is 3.75. The molecule has 1 fully saturated rings. The van der Waals surface area contributed by atoms with Crippen LogP contribution in [-0.2, 0) is 22.4 Å². The van der Waals surface area contributed by atoms with Crippen LogP contribution < -0.4 is 16.0 Å². The molecule has 0 spiro atoms. The molecular formula is C36H38N6O5S2. The number of carbonyl (C=O) groups is 2. The van der Waals surface area contributed by atoms with Crippen molar-refractivity contribution in [2.45, 2.75) is 55.6 Å². The van der Waals surface area contributed by atoms with Gasteiger partial charge in [-0.1, -0.05) is 90.6 Å². The van der Waals surface area contributed by atoms with Crippen LogP contribution in [0.4, 0.5) is 10.5 Å². The van der Waals surface area contributed by atoms with E-state index in [1.165, 1.54) is 11.8 Å². The minimum atomic E-state index is -1.27. The number of amides is 2. The number of hydrogen-bond acceptors (Lipinski definition) is 10. The summed E-state index contributed by atoms with van der Waals surface area (Å²) in [6.07, 6.45) is 0.559. The smallest absolute Gasteiger partial charge is 0.405 e. The maximum Gasteiger partial charge on any atom is 0.405 e. The number of carbonyl (C=O) groups excluding carboxylic acids is 1. The minimum Gasteiger partial charge on any atom is -0.465 e. The molecule has 1 aliphatic heterocycles. The zero-order valence-corrected chi connectivity index (χ0v) is 28.6. The number of para-hydroxylation sites is 1. The molecule has 0 saturated carbocycles. The lowest BCUT2D eigenvalue weighted by Crippen LogP contribution is -2.47. The molecule has 3 atom stereocenters. The normalized spacial score (nSPS) is 16.7. The van der Waals surface area contributed by atoms with E-state index in [2.05, 4.69) is 31.1 Å². The summed E-state index contributed by atoms with van der Waals surface area (Å²) in [4.78, 5) is 30.4. The van der Waals surface area contributed by atoms with E-state index in [-0.39, 0.29) is 12.2 Å². The molecule has 4 N–H and O–H groups in total. The van der Waals surface area contributed by atoms with E-state index in [1.807, 2.05) is 97.2 Å². The Labute approximate surface area is 292 Å². The molecule has 1 aliphatic rings. The third kappa shape index (κ3) is 9.54. The van der Waals surface area contributed by atoms with E-state index >= 15 is 0 Å². The van der Waals surface area contributed by atoms with E-state index < -0.39 is 24.0 Å². The molecule has 1 saturated heterocycles. The molecule has 254 valence electrons. The van der Waals surface area contributed by atoms with E-state index in [0.29, 0.717) is 41.9 Å². The fourth-order valence-electron chi connectivity index (χ4n) is 5.94. The number of ether oxygens (including phenoxy) is 1. The molecule has 11 nitrogen and oxygen atoms in total. The van der Waals surface area contributed by atoms with Gasteiger partial charge in [-0.05, 0) is 42.5 Å². The van der Waals surface area contributed by atoms with Gasteiger partial charge in [0.15, 0.2) is 0 Å². The van der Waals surface area contributed by atoms with Gasteiger partial charge in [0, 0.05) is 35.8 Å². The van der Waals surface area contributed by atoms with Crippen molar-refractivity contribution in [3.8, 4) is 0 Å². The number of anilines is 1. The summed E-state index contributed by atoms with van der Waals surface area (Å²) in [6, 6.07) is 25.5. The maximum atomic E-state index is 13.9. The van der Waals surface area contributed by atoms with Crippen LogP contribution in [0.5, 0.6) is 0 Å². The Kier molecular flexibility index (Phi) is 11.7. The van der Waals surface area contributed by atoms with Crippen molar-refractivity contribution in [1.29, 1.82) is 0 Å². The average molecular weight is 699 g/mol. The van der Waals surface area contributed by atoms with Crippen molar-refractivity contribution in [2.75, 3.05) is 24.2 Å².